The summed E-state index contributed by atoms with van der Waals surface area (Å²) < 4.78 is 6.68. The van der Waals surface area contributed by atoms with Gasteiger partial charge in [0.15, 0.2) is 0 Å². The highest BCUT2D eigenvalue weighted by Crippen LogP contribution is 2.36. The van der Waals surface area contributed by atoms with Crippen LogP contribution in [0.15, 0.2) is 21.2 Å². The van der Waals surface area contributed by atoms with Gasteiger partial charge in [-0.1, -0.05) is 13.3 Å². The number of rotatable bonds is 3. The van der Waals surface area contributed by atoms with E-state index in [0.29, 0.717) is 12.0 Å². The molecule has 1 aliphatic rings. The van der Waals surface area contributed by atoms with E-state index in [4.69, 9.17) is 4.42 Å². The lowest BCUT2D eigenvalue weighted by Crippen LogP contribution is -2.33. The largest absolute Gasteiger partial charge is 0.468 e. The lowest BCUT2D eigenvalue weighted by atomic mass is 9.84. The van der Waals surface area contributed by atoms with Crippen LogP contribution in [0.4, 0.5) is 0 Å². The topological polar surface area (TPSA) is 25.2 Å². The zero-order valence-corrected chi connectivity index (χ0v) is 10.7. The van der Waals surface area contributed by atoms with E-state index in [9.17, 15) is 0 Å². The lowest BCUT2D eigenvalue weighted by Gasteiger charge is -2.28. The van der Waals surface area contributed by atoms with Crippen molar-refractivity contribution in [2.75, 3.05) is 6.54 Å². The molecule has 1 N–H and O–H groups in total. The number of halogens is 1. The second kappa shape index (κ2) is 5.17. The fourth-order valence-corrected chi connectivity index (χ4v) is 3.02. The van der Waals surface area contributed by atoms with Crippen molar-refractivity contribution in [2.24, 2.45) is 0 Å². The summed E-state index contributed by atoms with van der Waals surface area (Å²) >= 11 is 3.55. The molecule has 0 bridgehead atoms. The van der Waals surface area contributed by atoms with Crippen LogP contribution in [0.2, 0.25) is 0 Å². The van der Waals surface area contributed by atoms with Crippen LogP contribution in [0.25, 0.3) is 0 Å². The van der Waals surface area contributed by atoms with Gasteiger partial charge in [0.1, 0.15) is 5.76 Å². The summed E-state index contributed by atoms with van der Waals surface area (Å²) in [5, 5.41) is 3.54. The van der Waals surface area contributed by atoms with Crippen molar-refractivity contribution in [2.45, 2.75) is 44.6 Å². The van der Waals surface area contributed by atoms with Crippen LogP contribution in [0.1, 0.15) is 44.3 Å². The van der Waals surface area contributed by atoms with E-state index in [-0.39, 0.29) is 0 Å². The van der Waals surface area contributed by atoms with Crippen molar-refractivity contribution < 1.29 is 4.42 Å². The molecule has 1 aromatic heterocycles. The van der Waals surface area contributed by atoms with Crippen molar-refractivity contribution in [3.63, 3.8) is 0 Å². The van der Waals surface area contributed by atoms with Crippen molar-refractivity contribution >= 4 is 15.9 Å². The highest BCUT2D eigenvalue weighted by Gasteiger charge is 2.25. The standard InChI is InChI=1S/C12H18BrNO/c1-2-14-10-5-3-4-9(8-10)12-11(13)6-7-15-12/h6-7,9-10,14H,2-5,8H2,1H3. The van der Waals surface area contributed by atoms with Gasteiger partial charge in [-0.25, -0.2) is 0 Å². The molecule has 2 rings (SSSR count). The molecule has 1 fully saturated rings. The summed E-state index contributed by atoms with van der Waals surface area (Å²) in [6.45, 7) is 3.24. The Morgan fingerprint density at radius 1 is 1.53 bits per heavy atom. The van der Waals surface area contributed by atoms with E-state index in [2.05, 4.69) is 28.2 Å². The summed E-state index contributed by atoms with van der Waals surface area (Å²) in [6.07, 6.45) is 6.85. The van der Waals surface area contributed by atoms with Crippen LogP contribution in [-0.4, -0.2) is 12.6 Å². The highest BCUT2D eigenvalue weighted by atomic mass is 79.9. The fourth-order valence-electron chi connectivity index (χ4n) is 2.50. The van der Waals surface area contributed by atoms with Crippen LogP contribution in [-0.2, 0) is 0 Å². The Hall–Kier alpha value is -0.280. The van der Waals surface area contributed by atoms with Gasteiger partial charge in [-0.2, -0.15) is 0 Å². The molecule has 1 heterocycles. The Morgan fingerprint density at radius 3 is 3.07 bits per heavy atom. The van der Waals surface area contributed by atoms with Gasteiger partial charge in [-0.3, -0.25) is 0 Å². The first kappa shape index (κ1) is 11.2. The van der Waals surface area contributed by atoms with Crippen LogP contribution in [0, 0.1) is 0 Å². The van der Waals surface area contributed by atoms with Crippen LogP contribution >= 0.6 is 15.9 Å². The maximum absolute atomic E-state index is 5.56. The third-order valence-electron chi connectivity index (χ3n) is 3.18. The first-order chi connectivity index (χ1) is 7.31. The summed E-state index contributed by atoms with van der Waals surface area (Å²) in [7, 11) is 0. The van der Waals surface area contributed by atoms with Gasteiger partial charge in [0.25, 0.3) is 0 Å². The molecule has 3 heteroatoms. The van der Waals surface area contributed by atoms with Crippen LogP contribution in [0.3, 0.4) is 0 Å². The minimum absolute atomic E-state index is 0.590. The molecule has 1 saturated carbocycles. The van der Waals surface area contributed by atoms with Crippen LogP contribution < -0.4 is 5.32 Å². The van der Waals surface area contributed by atoms with E-state index in [0.717, 1.165) is 16.8 Å². The fraction of sp³-hybridized carbons (Fsp3) is 0.667. The monoisotopic (exact) mass is 271 g/mol. The predicted octanol–water partition coefficient (Wildman–Crippen LogP) is 3.68. The van der Waals surface area contributed by atoms with Crippen molar-refractivity contribution in [1.29, 1.82) is 0 Å². The number of furan rings is 1. The molecule has 2 atom stereocenters. The molecule has 0 spiro atoms. The van der Waals surface area contributed by atoms with E-state index in [1.807, 2.05) is 6.07 Å². The van der Waals surface area contributed by atoms with Gasteiger partial charge in [-0.15, -0.1) is 0 Å². The maximum atomic E-state index is 5.56. The lowest BCUT2D eigenvalue weighted by molar-refractivity contribution is 0.311. The molecule has 0 saturated heterocycles. The molecular weight excluding hydrogens is 254 g/mol. The van der Waals surface area contributed by atoms with Gasteiger partial charge in [-0.05, 0) is 47.8 Å². The zero-order chi connectivity index (χ0) is 10.7. The first-order valence-corrected chi connectivity index (χ1v) is 6.56. The molecule has 0 radical (unpaired) electrons. The summed E-state index contributed by atoms with van der Waals surface area (Å²) in [5.74, 6) is 1.73. The predicted molar refractivity (Wildman–Crippen MR) is 65.1 cm³/mol. The third kappa shape index (κ3) is 2.64. The summed E-state index contributed by atoms with van der Waals surface area (Å²) in [5.41, 5.74) is 0. The van der Waals surface area contributed by atoms with E-state index < -0.39 is 0 Å². The van der Waals surface area contributed by atoms with Crippen LogP contribution in [0.5, 0.6) is 0 Å². The smallest absolute Gasteiger partial charge is 0.121 e. The minimum atomic E-state index is 0.590. The Labute approximate surface area is 99.6 Å². The van der Waals surface area contributed by atoms with Crippen molar-refractivity contribution in [1.82, 2.24) is 5.32 Å². The molecule has 2 unspecified atom stereocenters. The second-order valence-electron chi connectivity index (χ2n) is 4.25. The first-order valence-electron chi connectivity index (χ1n) is 5.77. The Kier molecular flexibility index (Phi) is 3.87. The van der Waals surface area contributed by atoms with E-state index >= 15 is 0 Å². The van der Waals surface area contributed by atoms with Gasteiger partial charge in [0.2, 0.25) is 0 Å². The highest BCUT2D eigenvalue weighted by molar-refractivity contribution is 9.10. The molecule has 0 aliphatic heterocycles. The van der Waals surface area contributed by atoms with E-state index in [1.165, 1.54) is 25.7 Å². The average molecular weight is 272 g/mol. The van der Waals surface area contributed by atoms with E-state index in [1.54, 1.807) is 6.26 Å². The Balaban J connectivity index is 2.01. The normalized spacial score (nSPS) is 26.8. The quantitative estimate of drug-likeness (QED) is 0.908. The van der Waals surface area contributed by atoms with Gasteiger partial charge < -0.3 is 9.73 Å². The molecule has 0 amide bonds. The number of hydrogen-bond acceptors (Lipinski definition) is 2. The average Bonchev–Trinajstić information content (AvgIpc) is 2.65. The molecule has 0 aromatic carbocycles. The van der Waals surface area contributed by atoms with Gasteiger partial charge in [0, 0.05) is 12.0 Å². The number of hydrogen-bond donors (Lipinski definition) is 1. The molecular formula is C12H18BrNO. The molecule has 84 valence electrons. The Bertz CT molecular complexity index is 308. The molecule has 15 heavy (non-hydrogen) atoms. The number of nitrogens with one attached hydrogen (secondary N) is 1. The molecule has 1 aromatic rings. The van der Waals surface area contributed by atoms with Crippen molar-refractivity contribution in [3.8, 4) is 0 Å². The SMILES string of the molecule is CCNC1CCCC(c2occc2Br)C1. The Morgan fingerprint density at radius 2 is 2.40 bits per heavy atom. The summed E-state index contributed by atoms with van der Waals surface area (Å²) in [6, 6.07) is 2.66. The summed E-state index contributed by atoms with van der Waals surface area (Å²) in [4.78, 5) is 0. The van der Waals surface area contributed by atoms with Gasteiger partial charge in [0.05, 0.1) is 10.7 Å². The maximum Gasteiger partial charge on any atom is 0.121 e. The zero-order valence-electron chi connectivity index (χ0n) is 9.13. The third-order valence-corrected chi connectivity index (χ3v) is 3.84. The molecule has 1 aliphatic carbocycles. The molecule has 2 nitrogen and oxygen atoms in total. The van der Waals surface area contributed by atoms with Gasteiger partial charge >= 0.3 is 0 Å². The minimum Gasteiger partial charge on any atom is -0.468 e. The second-order valence-corrected chi connectivity index (χ2v) is 5.11. The van der Waals surface area contributed by atoms with Crippen molar-refractivity contribution in [3.05, 3.63) is 22.6 Å².